The summed E-state index contributed by atoms with van der Waals surface area (Å²) in [5, 5.41) is 9.21. The summed E-state index contributed by atoms with van der Waals surface area (Å²) in [4.78, 5) is 12.5. The summed E-state index contributed by atoms with van der Waals surface area (Å²) in [7, 11) is 0. The fourth-order valence-electron chi connectivity index (χ4n) is 1.96. The molecular formula is C14H7ClF3N5S. The Balaban J connectivity index is 2.04. The van der Waals surface area contributed by atoms with E-state index in [9.17, 15) is 13.2 Å². The highest BCUT2D eigenvalue weighted by atomic mass is 35.5. The van der Waals surface area contributed by atoms with Crippen molar-refractivity contribution in [2.24, 2.45) is 0 Å². The Bertz CT molecular complexity index is 908. The molecule has 0 aliphatic heterocycles. The molecule has 24 heavy (non-hydrogen) atoms. The van der Waals surface area contributed by atoms with Gasteiger partial charge >= 0.3 is 6.18 Å². The summed E-state index contributed by atoms with van der Waals surface area (Å²) in [5.41, 5.74) is -1.02. The quantitative estimate of drug-likeness (QED) is 0.700. The number of thiophene rings is 1. The van der Waals surface area contributed by atoms with Crippen LogP contribution in [0.5, 0.6) is 0 Å². The third-order valence-corrected chi connectivity index (χ3v) is 4.17. The van der Waals surface area contributed by atoms with Gasteiger partial charge < -0.3 is 4.57 Å². The van der Waals surface area contributed by atoms with Gasteiger partial charge in [-0.05, 0) is 12.1 Å². The first-order chi connectivity index (χ1) is 11.4. The summed E-state index contributed by atoms with van der Waals surface area (Å²) in [6, 6.07) is 5.04. The Kier molecular flexibility index (Phi) is 4.26. The number of halogens is 4. The van der Waals surface area contributed by atoms with Crippen LogP contribution in [0.4, 0.5) is 13.2 Å². The maximum absolute atomic E-state index is 13.0. The second-order valence-electron chi connectivity index (χ2n) is 4.67. The molecule has 0 radical (unpaired) electrons. The summed E-state index contributed by atoms with van der Waals surface area (Å²) >= 11 is 6.77. The minimum Gasteiger partial charge on any atom is -0.322 e. The monoisotopic (exact) mass is 369 g/mol. The zero-order valence-electron chi connectivity index (χ0n) is 11.8. The molecule has 0 N–H and O–H groups in total. The highest BCUT2D eigenvalue weighted by Gasteiger charge is 2.35. The molecule has 122 valence electrons. The van der Waals surface area contributed by atoms with Crippen molar-refractivity contribution in [1.82, 2.24) is 19.5 Å². The minimum atomic E-state index is -4.57. The topological polar surface area (TPSA) is 67.4 Å². The van der Waals surface area contributed by atoms with E-state index in [4.69, 9.17) is 16.9 Å². The SMILES string of the molecule is N#Cc1ccc(-c2nc(C(F)(F)F)cn2Cc2ncc(Cl)cn2)s1. The van der Waals surface area contributed by atoms with Crippen molar-refractivity contribution in [3.05, 3.63) is 52.1 Å². The summed E-state index contributed by atoms with van der Waals surface area (Å²) in [6.45, 7) is -0.00459. The Morgan fingerprint density at radius 1 is 1.25 bits per heavy atom. The van der Waals surface area contributed by atoms with Crippen LogP contribution >= 0.6 is 22.9 Å². The minimum absolute atomic E-state index is 0.00459. The van der Waals surface area contributed by atoms with E-state index in [2.05, 4.69) is 15.0 Å². The Hall–Kier alpha value is -2.44. The van der Waals surface area contributed by atoms with Gasteiger partial charge in [-0.2, -0.15) is 18.4 Å². The highest BCUT2D eigenvalue weighted by molar-refractivity contribution is 7.15. The molecule has 3 rings (SSSR count). The number of rotatable bonds is 3. The second-order valence-corrected chi connectivity index (χ2v) is 6.19. The number of hydrogen-bond donors (Lipinski definition) is 0. The lowest BCUT2D eigenvalue weighted by Crippen LogP contribution is -2.06. The van der Waals surface area contributed by atoms with Crippen LogP contribution in [0.1, 0.15) is 16.4 Å². The van der Waals surface area contributed by atoms with Crippen LogP contribution in [0.3, 0.4) is 0 Å². The van der Waals surface area contributed by atoms with Gasteiger partial charge in [-0.25, -0.2) is 15.0 Å². The van der Waals surface area contributed by atoms with Crippen LogP contribution in [-0.4, -0.2) is 19.5 Å². The lowest BCUT2D eigenvalue weighted by atomic mass is 10.4. The van der Waals surface area contributed by atoms with Crippen molar-refractivity contribution in [3.8, 4) is 16.8 Å². The first-order valence-corrected chi connectivity index (χ1v) is 7.67. The van der Waals surface area contributed by atoms with Gasteiger partial charge in [0.05, 0.1) is 16.4 Å². The third-order valence-electron chi connectivity index (χ3n) is 2.99. The van der Waals surface area contributed by atoms with Crippen molar-refractivity contribution in [2.75, 3.05) is 0 Å². The predicted molar refractivity (Wildman–Crippen MR) is 81.4 cm³/mol. The molecule has 0 bridgehead atoms. The zero-order chi connectivity index (χ0) is 17.3. The van der Waals surface area contributed by atoms with Crippen molar-refractivity contribution in [1.29, 1.82) is 5.26 Å². The van der Waals surface area contributed by atoms with E-state index >= 15 is 0 Å². The van der Waals surface area contributed by atoms with Crippen LogP contribution in [0, 0.1) is 11.3 Å². The summed E-state index contributed by atoms with van der Waals surface area (Å²) in [6.07, 6.45) is -0.941. The van der Waals surface area contributed by atoms with Gasteiger partial charge in [0.2, 0.25) is 0 Å². The third kappa shape index (κ3) is 3.39. The predicted octanol–water partition coefficient (Wildman–Crippen LogP) is 3.99. The highest BCUT2D eigenvalue weighted by Crippen LogP contribution is 2.33. The maximum atomic E-state index is 13.0. The summed E-state index contributed by atoms with van der Waals surface area (Å²) in [5.74, 6) is 0.399. The molecule has 0 aliphatic rings. The van der Waals surface area contributed by atoms with E-state index in [1.807, 2.05) is 6.07 Å². The standard InChI is InChI=1S/C14H7ClF3N5S/c15-8-4-20-12(21-5-8)7-23-6-11(14(16,17)18)22-13(23)10-2-1-9(3-19)24-10/h1-2,4-6H,7H2. The molecule has 0 fully saturated rings. The largest absolute Gasteiger partial charge is 0.434 e. The van der Waals surface area contributed by atoms with E-state index < -0.39 is 11.9 Å². The van der Waals surface area contributed by atoms with Crippen molar-refractivity contribution >= 4 is 22.9 Å². The molecule has 5 nitrogen and oxygen atoms in total. The number of hydrogen-bond acceptors (Lipinski definition) is 5. The lowest BCUT2D eigenvalue weighted by molar-refractivity contribution is -0.140. The second kappa shape index (κ2) is 6.22. The van der Waals surface area contributed by atoms with Crippen LogP contribution in [-0.2, 0) is 12.7 Å². The van der Waals surface area contributed by atoms with E-state index in [1.54, 1.807) is 6.07 Å². The number of aromatic nitrogens is 4. The average Bonchev–Trinajstić information content (AvgIpc) is 3.15. The smallest absolute Gasteiger partial charge is 0.322 e. The van der Waals surface area contributed by atoms with Gasteiger partial charge in [0, 0.05) is 18.6 Å². The Labute approximate surface area is 143 Å². The molecule has 0 aromatic carbocycles. The molecule has 10 heteroatoms. The Morgan fingerprint density at radius 3 is 2.54 bits per heavy atom. The molecule has 0 aliphatic carbocycles. The van der Waals surface area contributed by atoms with Gasteiger partial charge in [-0.3, -0.25) is 0 Å². The molecule has 3 heterocycles. The van der Waals surface area contributed by atoms with E-state index in [1.165, 1.54) is 23.0 Å². The van der Waals surface area contributed by atoms with Gasteiger partial charge in [-0.15, -0.1) is 11.3 Å². The number of nitriles is 1. The molecule has 0 saturated carbocycles. The zero-order valence-corrected chi connectivity index (χ0v) is 13.3. The van der Waals surface area contributed by atoms with Gasteiger partial charge in [0.15, 0.2) is 11.5 Å². The molecule has 0 amide bonds. The van der Waals surface area contributed by atoms with Gasteiger partial charge in [-0.1, -0.05) is 11.6 Å². The molecule has 3 aromatic rings. The number of alkyl halides is 3. The van der Waals surface area contributed by atoms with Crippen LogP contribution in [0.2, 0.25) is 5.02 Å². The van der Waals surface area contributed by atoms with Crippen LogP contribution in [0.25, 0.3) is 10.7 Å². The molecule has 0 spiro atoms. The summed E-state index contributed by atoms with van der Waals surface area (Å²) < 4.78 is 40.3. The van der Waals surface area contributed by atoms with Crippen LogP contribution < -0.4 is 0 Å². The Morgan fingerprint density at radius 2 is 1.96 bits per heavy atom. The van der Waals surface area contributed by atoms with Crippen LogP contribution in [0.15, 0.2) is 30.7 Å². The maximum Gasteiger partial charge on any atom is 0.434 e. The molecular weight excluding hydrogens is 363 g/mol. The normalized spacial score (nSPS) is 11.5. The first-order valence-electron chi connectivity index (χ1n) is 6.48. The molecule has 0 saturated heterocycles. The number of nitrogens with zero attached hydrogens (tertiary/aromatic N) is 5. The number of imidazole rings is 1. The fraction of sp³-hybridized carbons (Fsp3) is 0.143. The molecule has 0 atom stereocenters. The lowest BCUT2D eigenvalue weighted by Gasteiger charge is -2.05. The van der Waals surface area contributed by atoms with Crippen molar-refractivity contribution in [2.45, 2.75) is 12.7 Å². The van der Waals surface area contributed by atoms with E-state index in [-0.39, 0.29) is 12.4 Å². The fourth-order valence-corrected chi connectivity index (χ4v) is 2.87. The van der Waals surface area contributed by atoms with Crippen molar-refractivity contribution in [3.63, 3.8) is 0 Å². The first kappa shape index (κ1) is 16.4. The molecule has 3 aromatic heterocycles. The van der Waals surface area contributed by atoms with E-state index in [0.29, 0.717) is 20.6 Å². The molecule has 0 unspecified atom stereocenters. The van der Waals surface area contributed by atoms with Gasteiger partial charge in [0.1, 0.15) is 16.8 Å². The van der Waals surface area contributed by atoms with Crippen molar-refractivity contribution < 1.29 is 13.2 Å². The van der Waals surface area contributed by atoms with E-state index in [0.717, 1.165) is 17.5 Å². The van der Waals surface area contributed by atoms with Gasteiger partial charge in [0.25, 0.3) is 0 Å². The average molecular weight is 370 g/mol.